The van der Waals surface area contributed by atoms with Crippen LogP contribution in [0.3, 0.4) is 0 Å². The molecule has 1 saturated heterocycles. The minimum absolute atomic E-state index is 0.00384. The van der Waals surface area contributed by atoms with Gasteiger partial charge in [-0.2, -0.15) is 0 Å². The summed E-state index contributed by atoms with van der Waals surface area (Å²) < 4.78 is 13.5. The lowest BCUT2D eigenvalue weighted by Gasteiger charge is -2.38. The van der Waals surface area contributed by atoms with Crippen molar-refractivity contribution in [1.82, 2.24) is 20.1 Å². The molecular formula is C26H31FN4O2. The van der Waals surface area contributed by atoms with Gasteiger partial charge in [0.25, 0.3) is 5.91 Å². The van der Waals surface area contributed by atoms with E-state index in [0.717, 1.165) is 51.5 Å². The molecule has 0 bridgehead atoms. The van der Waals surface area contributed by atoms with Gasteiger partial charge in [-0.3, -0.25) is 19.5 Å². The number of hydrogen-bond donors (Lipinski definition) is 1. The number of carbonyl (C=O) groups is 2. The molecule has 2 saturated carbocycles. The summed E-state index contributed by atoms with van der Waals surface area (Å²) in [5.74, 6) is -0.248. The molecule has 0 radical (unpaired) electrons. The van der Waals surface area contributed by atoms with Crippen molar-refractivity contribution in [2.45, 2.75) is 50.6 Å². The van der Waals surface area contributed by atoms with E-state index >= 15 is 0 Å². The molecule has 7 heteroatoms. The van der Waals surface area contributed by atoms with Crippen molar-refractivity contribution >= 4 is 11.8 Å². The lowest BCUT2D eigenvalue weighted by atomic mass is 9.84. The van der Waals surface area contributed by atoms with Gasteiger partial charge in [-0.25, -0.2) is 4.39 Å². The van der Waals surface area contributed by atoms with E-state index in [2.05, 4.69) is 15.2 Å². The van der Waals surface area contributed by atoms with Gasteiger partial charge in [0.15, 0.2) is 0 Å². The Morgan fingerprint density at radius 1 is 1.00 bits per heavy atom. The topological polar surface area (TPSA) is 65.5 Å². The third-order valence-corrected chi connectivity index (χ3v) is 7.19. The molecule has 2 aliphatic carbocycles. The zero-order valence-corrected chi connectivity index (χ0v) is 18.9. The van der Waals surface area contributed by atoms with Gasteiger partial charge in [0.05, 0.1) is 11.3 Å². The van der Waals surface area contributed by atoms with E-state index in [1.54, 1.807) is 24.3 Å². The first-order valence-corrected chi connectivity index (χ1v) is 12.1. The van der Waals surface area contributed by atoms with Crippen LogP contribution in [0, 0.1) is 11.7 Å². The van der Waals surface area contributed by atoms with Gasteiger partial charge in [0, 0.05) is 55.9 Å². The first kappa shape index (κ1) is 22.0. The van der Waals surface area contributed by atoms with Crippen molar-refractivity contribution in [3.63, 3.8) is 0 Å². The van der Waals surface area contributed by atoms with Crippen LogP contribution in [0.15, 0.2) is 42.6 Å². The molecule has 2 unspecified atom stereocenters. The number of benzene rings is 1. The largest absolute Gasteiger partial charge is 0.349 e. The van der Waals surface area contributed by atoms with Gasteiger partial charge in [-0.15, -0.1) is 0 Å². The van der Waals surface area contributed by atoms with E-state index in [4.69, 9.17) is 0 Å². The third-order valence-electron chi connectivity index (χ3n) is 7.19. The molecule has 2 amide bonds. The maximum absolute atomic E-state index is 13.5. The van der Waals surface area contributed by atoms with Gasteiger partial charge in [0.1, 0.15) is 5.82 Å². The van der Waals surface area contributed by atoms with E-state index in [9.17, 15) is 14.0 Å². The van der Waals surface area contributed by atoms with Crippen LogP contribution >= 0.6 is 0 Å². The van der Waals surface area contributed by atoms with E-state index in [-0.39, 0.29) is 29.6 Å². The van der Waals surface area contributed by atoms with Crippen molar-refractivity contribution < 1.29 is 14.0 Å². The summed E-state index contributed by atoms with van der Waals surface area (Å²) in [6, 6.07) is 10.4. The lowest BCUT2D eigenvalue weighted by Crippen LogP contribution is -2.52. The Morgan fingerprint density at radius 2 is 1.82 bits per heavy atom. The molecule has 1 aliphatic heterocycles. The highest BCUT2D eigenvalue weighted by Gasteiger charge is 2.35. The fourth-order valence-electron chi connectivity index (χ4n) is 5.17. The molecule has 1 aromatic heterocycles. The molecule has 33 heavy (non-hydrogen) atoms. The maximum Gasteiger partial charge on any atom is 0.253 e. The number of aromatic nitrogens is 1. The number of nitrogens with zero attached hydrogens (tertiary/aromatic N) is 3. The molecule has 2 aromatic rings. The van der Waals surface area contributed by atoms with Crippen molar-refractivity contribution in [2.24, 2.45) is 5.92 Å². The molecule has 1 N–H and O–H groups in total. The highest BCUT2D eigenvalue weighted by Crippen LogP contribution is 2.30. The van der Waals surface area contributed by atoms with Gasteiger partial charge in [-0.1, -0.05) is 18.6 Å². The summed E-state index contributed by atoms with van der Waals surface area (Å²) in [7, 11) is 0. The predicted molar refractivity (Wildman–Crippen MR) is 124 cm³/mol. The van der Waals surface area contributed by atoms with Crippen LogP contribution < -0.4 is 5.32 Å². The molecular weight excluding hydrogens is 419 g/mol. The Bertz CT molecular complexity index is 1000. The highest BCUT2D eigenvalue weighted by atomic mass is 19.1. The lowest BCUT2D eigenvalue weighted by molar-refractivity contribution is -0.138. The summed E-state index contributed by atoms with van der Waals surface area (Å²) in [6.07, 6.45) is 7.57. The summed E-state index contributed by atoms with van der Waals surface area (Å²) in [5, 5.41) is 3.10. The Hall–Kier alpha value is -2.80. The Morgan fingerprint density at radius 3 is 2.52 bits per heavy atom. The number of pyridine rings is 1. The number of carbonyl (C=O) groups excluding carboxylic acids is 2. The number of amides is 2. The molecule has 3 fully saturated rings. The van der Waals surface area contributed by atoms with E-state index in [1.807, 2.05) is 4.90 Å². The van der Waals surface area contributed by atoms with Crippen molar-refractivity contribution in [3.05, 3.63) is 54.0 Å². The van der Waals surface area contributed by atoms with Gasteiger partial charge >= 0.3 is 0 Å². The molecule has 6 nitrogen and oxygen atoms in total. The van der Waals surface area contributed by atoms with E-state index in [1.165, 1.54) is 31.2 Å². The summed E-state index contributed by atoms with van der Waals surface area (Å²) in [6.45, 7) is 3.63. The van der Waals surface area contributed by atoms with Gasteiger partial charge < -0.3 is 10.2 Å². The zero-order chi connectivity index (χ0) is 22.8. The number of rotatable bonds is 5. The second-order valence-electron chi connectivity index (χ2n) is 9.57. The standard InChI is InChI=1S/C26H31FN4O2/c27-21-5-1-3-18(15-21)24-10-7-20(17-28-24)25(32)29-22-6-2-4-19(16-22)26(33)31-13-11-30(12-14-31)23-8-9-23/h1,3,5,7,10,15,17,19,22-23H,2,4,6,8-9,11-14,16H2,(H,29,32). The first-order chi connectivity index (χ1) is 16.1. The molecule has 3 aliphatic rings. The van der Waals surface area contributed by atoms with Gasteiger partial charge in [-0.05, 0) is 56.4 Å². The molecule has 2 atom stereocenters. The van der Waals surface area contributed by atoms with E-state index in [0.29, 0.717) is 23.2 Å². The van der Waals surface area contributed by atoms with Crippen LogP contribution in [-0.4, -0.2) is 64.9 Å². The van der Waals surface area contributed by atoms with Crippen LogP contribution in [0.2, 0.25) is 0 Å². The number of hydrogen-bond acceptors (Lipinski definition) is 4. The summed E-state index contributed by atoms with van der Waals surface area (Å²) >= 11 is 0. The number of halogens is 1. The second kappa shape index (κ2) is 9.59. The summed E-state index contributed by atoms with van der Waals surface area (Å²) in [4.78, 5) is 34.8. The SMILES string of the molecule is O=C(NC1CCCC(C(=O)N2CCN(C3CC3)CC2)C1)c1ccc(-c2cccc(F)c2)nc1. The fourth-order valence-corrected chi connectivity index (χ4v) is 5.17. The molecule has 2 heterocycles. The van der Waals surface area contributed by atoms with Crippen LogP contribution in [-0.2, 0) is 4.79 Å². The normalized spacial score (nSPS) is 23.8. The number of nitrogens with one attached hydrogen (secondary N) is 1. The fraction of sp³-hybridized carbons (Fsp3) is 0.500. The first-order valence-electron chi connectivity index (χ1n) is 12.1. The second-order valence-corrected chi connectivity index (χ2v) is 9.57. The molecule has 174 valence electrons. The average Bonchev–Trinajstić information content (AvgIpc) is 3.70. The van der Waals surface area contributed by atoms with Gasteiger partial charge in [0.2, 0.25) is 5.91 Å². The quantitative estimate of drug-likeness (QED) is 0.758. The average molecular weight is 451 g/mol. The maximum atomic E-state index is 13.5. The van der Waals surface area contributed by atoms with Crippen molar-refractivity contribution in [3.8, 4) is 11.3 Å². The smallest absolute Gasteiger partial charge is 0.253 e. The monoisotopic (exact) mass is 450 g/mol. The minimum atomic E-state index is -0.317. The molecule has 1 aromatic carbocycles. The highest BCUT2D eigenvalue weighted by molar-refractivity contribution is 5.94. The molecule has 5 rings (SSSR count). The Balaban J connectivity index is 1.15. The van der Waals surface area contributed by atoms with Crippen molar-refractivity contribution in [1.29, 1.82) is 0 Å². The van der Waals surface area contributed by atoms with Crippen molar-refractivity contribution in [2.75, 3.05) is 26.2 Å². The summed E-state index contributed by atoms with van der Waals surface area (Å²) in [5.41, 5.74) is 1.77. The Labute approximate surface area is 194 Å². The third kappa shape index (κ3) is 5.24. The minimum Gasteiger partial charge on any atom is -0.349 e. The number of piperazine rings is 1. The van der Waals surface area contributed by atoms with Crippen LogP contribution in [0.4, 0.5) is 4.39 Å². The molecule has 0 spiro atoms. The van der Waals surface area contributed by atoms with Crippen LogP contribution in [0.5, 0.6) is 0 Å². The van der Waals surface area contributed by atoms with Crippen LogP contribution in [0.1, 0.15) is 48.9 Å². The zero-order valence-electron chi connectivity index (χ0n) is 18.9. The van der Waals surface area contributed by atoms with E-state index < -0.39 is 0 Å². The Kier molecular flexibility index (Phi) is 6.40. The predicted octanol–water partition coefficient (Wildman–Crippen LogP) is 3.48. The van der Waals surface area contributed by atoms with Crippen LogP contribution in [0.25, 0.3) is 11.3 Å².